The molecule has 0 spiro atoms. The fourth-order valence-corrected chi connectivity index (χ4v) is 3.12. The van der Waals surface area contributed by atoms with Crippen LogP contribution in [0.15, 0.2) is 71.5 Å². The van der Waals surface area contributed by atoms with Crippen LogP contribution in [-0.4, -0.2) is 34.9 Å². The van der Waals surface area contributed by atoms with Gasteiger partial charge in [-0.25, -0.2) is 4.98 Å². The van der Waals surface area contributed by atoms with Crippen LogP contribution in [0.25, 0.3) is 10.9 Å². The van der Waals surface area contributed by atoms with E-state index >= 15 is 0 Å². The maximum Gasteiger partial charge on any atom is 0.275 e. The first-order chi connectivity index (χ1) is 14.6. The number of hydrogen-bond donors (Lipinski definition) is 0. The highest BCUT2D eigenvalue weighted by molar-refractivity contribution is 5.91. The van der Waals surface area contributed by atoms with Crippen molar-refractivity contribution in [2.45, 2.75) is 13.2 Å². The summed E-state index contributed by atoms with van der Waals surface area (Å²) in [7, 11) is 3.32. The lowest BCUT2D eigenvalue weighted by Gasteiger charge is -2.17. The molecule has 0 atom stereocenters. The van der Waals surface area contributed by atoms with Gasteiger partial charge in [-0.2, -0.15) is 0 Å². The molecule has 2 heterocycles. The summed E-state index contributed by atoms with van der Waals surface area (Å²) in [5, 5.41) is 0.983. The van der Waals surface area contributed by atoms with Crippen LogP contribution >= 0.6 is 0 Å². The van der Waals surface area contributed by atoms with E-state index in [0.29, 0.717) is 18.2 Å². The Balaban J connectivity index is 1.39. The third-order valence-corrected chi connectivity index (χ3v) is 4.65. The maximum atomic E-state index is 12.7. The number of para-hydroxylation sites is 1. The van der Waals surface area contributed by atoms with Crippen molar-refractivity contribution in [1.82, 2.24) is 14.9 Å². The van der Waals surface area contributed by atoms with Gasteiger partial charge >= 0.3 is 0 Å². The Bertz CT molecular complexity index is 1170. The van der Waals surface area contributed by atoms with Gasteiger partial charge in [0.2, 0.25) is 5.89 Å². The van der Waals surface area contributed by atoms with Crippen LogP contribution in [0, 0.1) is 0 Å². The molecule has 2 aromatic carbocycles. The molecule has 1 amide bonds. The molecule has 0 fully saturated rings. The van der Waals surface area contributed by atoms with Crippen LogP contribution in [0.2, 0.25) is 0 Å². The van der Waals surface area contributed by atoms with Crippen molar-refractivity contribution in [2.24, 2.45) is 0 Å². The summed E-state index contributed by atoms with van der Waals surface area (Å²) in [5.74, 6) is 1.50. The molecule has 0 aliphatic heterocycles. The summed E-state index contributed by atoms with van der Waals surface area (Å²) < 4.78 is 16.5. The number of hydrogen-bond acceptors (Lipinski definition) is 6. The molecule has 2 aromatic heterocycles. The number of ether oxygens (including phenoxy) is 2. The second-order valence-corrected chi connectivity index (χ2v) is 6.75. The summed E-state index contributed by atoms with van der Waals surface area (Å²) in [6, 6.07) is 17.1. The Hall–Kier alpha value is -3.87. The average molecular weight is 403 g/mol. The number of oxazole rings is 1. The van der Waals surface area contributed by atoms with Gasteiger partial charge in [-0.3, -0.25) is 9.78 Å². The smallest absolute Gasteiger partial charge is 0.275 e. The fourth-order valence-electron chi connectivity index (χ4n) is 3.12. The van der Waals surface area contributed by atoms with Crippen LogP contribution in [0.1, 0.15) is 21.9 Å². The highest BCUT2D eigenvalue weighted by Crippen LogP contribution is 2.21. The molecule has 0 aliphatic rings. The first kappa shape index (κ1) is 19.4. The average Bonchev–Trinajstić information content (AvgIpc) is 3.26. The van der Waals surface area contributed by atoms with Gasteiger partial charge in [-0.1, -0.05) is 24.3 Å². The van der Waals surface area contributed by atoms with Crippen LogP contribution in [0.5, 0.6) is 11.5 Å². The Morgan fingerprint density at radius 2 is 2.00 bits per heavy atom. The summed E-state index contributed by atoms with van der Waals surface area (Å²) >= 11 is 0. The minimum absolute atomic E-state index is 0.120. The van der Waals surface area contributed by atoms with E-state index in [2.05, 4.69) is 9.97 Å². The molecule has 7 heteroatoms. The molecule has 0 aliphatic carbocycles. The molecule has 0 saturated heterocycles. The lowest BCUT2D eigenvalue weighted by atomic mass is 10.2. The van der Waals surface area contributed by atoms with Gasteiger partial charge < -0.3 is 18.8 Å². The normalized spacial score (nSPS) is 10.7. The van der Waals surface area contributed by atoms with Crippen molar-refractivity contribution in [3.63, 3.8) is 0 Å². The van der Waals surface area contributed by atoms with E-state index in [4.69, 9.17) is 13.9 Å². The number of benzene rings is 2. The second kappa shape index (κ2) is 8.65. The Morgan fingerprint density at radius 1 is 1.13 bits per heavy atom. The third-order valence-electron chi connectivity index (χ3n) is 4.65. The van der Waals surface area contributed by atoms with E-state index in [0.717, 1.165) is 22.2 Å². The standard InChI is InChI=1S/C23H21N3O4/c1-26(13-17-6-3-4-8-21(17)28-2)23(27)20-14-30-22(25-20)15-29-18-9-10-19-16(12-18)7-5-11-24-19/h3-12,14H,13,15H2,1-2H3. The summed E-state index contributed by atoms with van der Waals surface area (Å²) in [4.78, 5) is 22.8. The molecule has 7 nitrogen and oxygen atoms in total. The molecule has 4 rings (SSSR count). The number of amides is 1. The van der Waals surface area contributed by atoms with Gasteiger partial charge in [0, 0.05) is 30.7 Å². The van der Waals surface area contributed by atoms with Crippen LogP contribution < -0.4 is 9.47 Å². The monoisotopic (exact) mass is 403 g/mol. The van der Waals surface area contributed by atoms with Gasteiger partial charge in [0.15, 0.2) is 12.3 Å². The zero-order chi connectivity index (χ0) is 20.9. The predicted octanol–water partition coefficient (Wildman–Crippen LogP) is 4.08. The van der Waals surface area contributed by atoms with Crippen LogP contribution in [0.4, 0.5) is 0 Å². The molecule has 152 valence electrons. The summed E-state index contributed by atoms with van der Waals surface area (Å²) in [6.07, 6.45) is 3.10. The molecule has 4 aromatic rings. The highest BCUT2D eigenvalue weighted by Gasteiger charge is 2.18. The van der Waals surface area contributed by atoms with Crippen molar-refractivity contribution in [2.75, 3.05) is 14.2 Å². The van der Waals surface area contributed by atoms with Crippen molar-refractivity contribution < 1.29 is 18.7 Å². The first-order valence-corrected chi connectivity index (χ1v) is 9.43. The Labute approximate surface area is 173 Å². The zero-order valence-corrected chi connectivity index (χ0v) is 16.7. The summed E-state index contributed by atoms with van der Waals surface area (Å²) in [5.41, 5.74) is 2.04. The van der Waals surface area contributed by atoms with Crippen molar-refractivity contribution in [3.8, 4) is 11.5 Å². The van der Waals surface area contributed by atoms with Crippen LogP contribution in [-0.2, 0) is 13.2 Å². The fraction of sp³-hybridized carbons (Fsp3) is 0.174. The summed E-state index contributed by atoms with van der Waals surface area (Å²) in [6.45, 7) is 0.516. The lowest BCUT2D eigenvalue weighted by molar-refractivity contribution is 0.0778. The van der Waals surface area contributed by atoms with Gasteiger partial charge in [0.25, 0.3) is 5.91 Å². The van der Waals surface area contributed by atoms with E-state index in [1.165, 1.54) is 6.26 Å². The molecule has 0 unspecified atom stereocenters. The van der Waals surface area contributed by atoms with Crippen molar-refractivity contribution >= 4 is 16.8 Å². The van der Waals surface area contributed by atoms with Crippen molar-refractivity contribution in [3.05, 3.63) is 84.2 Å². The molecule has 0 N–H and O–H groups in total. The van der Waals surface area contributed by atoms with Gasteiger partial charge in [0.05, 0.1) is 12.6 Å². The molecular formula is C23H21N3O4. The largest absolute Gasteiger partial charge is 0.496 e. The van der Waals surface area contributed by atoms with Crippen molar-refractivity contribution in [1.29, 1.82) is 0 Å². The first-order valence-electron chi connectivity index (χ1n) is 9.43. The minimum atomic E-state index is -0.243. The molecule has 0 bridgehead atoms. The highest BCUT2D eigenvalue weighted by atomic mass is 16.5. The van der Waals surface area contributed by atoms with Gasteiger partial charge in [-0.05, 0) is 30.3 Å². The number of pyridine rings is 1. The number of fused-ring (bicyclic) bond motifs is 1. The van der Waals surface area contributed by atoms with Gasteiger partial charge in [-0.15, -0.1) is 0 Å². The predicted molar refractivity (Wildman–Crippen MR) is 111 cm³/mol. The van der Waals surface area contributed by atoms with E-state index in [1.54, 1.807) is 25.3 Å². The number of aromatic nitrogens is 2. The lowest BCUT2D eigenvalue weighted by Crippen LogP contribution is -2.26. The molecule has 30 heavy (non-hydrogen) atoms. The van der Waals surface area contributed by atoms with Gasteiger partial charge in [0.1, 0.15) is 17.8 Å². The van der Waals surface area contributed by atoms with E-state index in [-0.39, 0.29) is 18.2 Å². The Morgan fingerprint density at radius 3 is 2.87 bits per heavy atom. The topological polar surface area (TPSA) is 77.7 Å². The minimum Gasteiger partial charge on any atom is -0.496 e. The molecule has 0 saturated carbocycles. The van der Waals surface area contributed by atoms with E-state index in [1.807, 2.05) is 54.6 Å². The SMILES string of the molecule is COc1ccccc1CN(C)C(=O)c1coc(COc2ccc3ncccc3c2)n1. The molecular weight excluding hydrogens is 382 g/mol. The second-order valence-electron chi connectivity index (χ2n) is 6.75. The van der Waals surface area contributed by atoms with E-state index < -0.39 is 0 Å². The number of methoxy groups -OCH3 is 1. The number of carbonyl (C=O) groups is 1. The maximum absolute atomic E-state index is 12.7. The number of rotatable bonds is 7. The van der Waals surface area contributed by atoms with E-state index in [9.17, 15) is 4.79 Å². The van der Waals surface area contributed by atoms with Crippen LogP contribution in [0.3, 0.4) is 0 Å². The third kappa shape index (κ3) is 4.25. The Kier molecular flexibility index (Phi) is 5.61. The zero-order valence-electron chi connectivity index (χ0n) is 16.7. The number of nitrogens with zero attached hydrogens (tertiary/aromatic N) is 3. The quantitative estimate of drug-likeness (QED) is 0.463. The molecule has 0 radical (unpaired) electrons. The number of carbonyl (C=O) groups excluding carboxylic acids is 1.